The number of benzene rings is 2. The molecule has 5 rings (SSSR count). The number of β-lactam (4-membered cyclic amide) rings is 1. The topological polar surface area (TPSA) is 165 Å². The van der Waals surface area contributed by atoms with Gasteiger partial charge in [0.2, 0.25) is 5.91 Å². The molecule has 0 aliphatic carbocycles. The van der Waals surface area contributed by atoms with Gasteiger partial charge in [0.05, 0.1) is 11.7 Å². The van der Waals surface area contributed by atoms with Gasteiger partial charge in [-0.15, -0.1) is 22.0 Å². The van der Waals surface area contributed by atoms with Crippen molar-refractivity contribution in [1.82, 2.24) is 30.6 Å². The zero-order valence-electron chi connectivity index (χ0n) is 25.0. The smallest absolute Gasteiger partial charge is 0.543 e. The predicted octanol–water partition coefficient (Wildman–Crippen LogP) is -1.03. The monoisotopic (exact) mass is 686 g/mol. The van der Waals surface area contributed by atoms with Crippen LogP contribution in [0.3, 0.4) is 0 Å². The van der Waals surface area contributed by atoms with Gasteiger partial charge >= 0.3 is 35.6 Å². The fraction of sp³-hybridized carbons (Fsp3) is 0.233. The second-order valence-electron chi connectivity index (χ2n) is 9.95. The molecule has 1 unspecified atom stereocenters. The fourth-order valence-electron chi connectivity index (χ4n) is 4.61. The van der Waals surface area contributed by atoms with Gasteiger partial charge in [0, 0.05) is 24.6 Å². The number of aromatic nitrogens is 2. The van der Waals surface area contributed by atoms with Crippen molar-refractivity contribution in [2.45, 2.75) is 28.7 Å². The van der Waals surface area contributed by atoms with Crippen LogP contribution in [0.2, 0.25) is 0 Å². The molecule has 0 spiro atoms. The molecule has 1 fully saturated rings. The molecule has 2 aliphatic heterocycles. The minimum Gasteiger partial charge on any atom is -0.543 e. The number of thioether (sulfide) groups is 2. The Hall–Kier alpha value is -3.47. The van der Waals surface area contributed by atoms with Gasteiger partial charge in [-0.2, -0.15) is 0 Å². The summed E-state index contributed by atoms with van der Waals surface area (Å²) in [4.78, 5) is 66.7. The summed E-state index contributed by atoms with van der Waals surface area (Å²) in [6.07, 6.45) is 2.82. The van der Waals surface area contributed by atoms with Crippen LogP contribution in [0.5, 0.6) is 0 Å². The molecule has 1 aromatic heterocycles. The van der Waals surface area contributed by atoms with Crippen LogP contribution < -0.4 is 45.3 Å². The molecular formula is C30H27N6NaO6S3. The maximum Gasteiger partial charge on any atom is 1.00 e. The normalized spacial score (nSPS) is 17.8. The number of rotatable bonds is 10. The second kappa shape index (κ2) is 15.9. The first kappa shape index (κ1) is 35.4. The summed E-state index contributed by atoms with van der Waals surface area (Å²) in [6, 6.07) is 14.4. The van der Waals surface area contributed by atoms with E-state index in [0.717, 1.165) is 20.4 Å². The molecule has 5 amide bonds. The van der Waals surface area contributed by atoms with Crippen molar-refractivity contribution in [1.29, 1.82) is 0 Å². The Morgan fingerprint density at radius 3 is 2.41 bits per heavy atom. The molecule has 3 heterocycles. The summed E-state index contributed by atoms with van der Waals surface area (Å²) >= 11 is 4.03. The minimum atomic E-state index is -1.48. The van der Waals surface area contributed by atoms with Gasteiger partial charge in [0.15, 0.2) is 4.34 Å². The molecule has 3 atom stereocenters. The summed E-state index contributed by atoms with van der Waals surface area (Å²) < 4.78 is 0.679. The number of amides is 5. The summed E-state index contributed by atoms with van der Waals surface area (Å²) in [6.45, 7) is 1.82. The van der Waals surface area contributed by atoms with Crippen LogP contribution in [-0.2, 0) is 19.2 Å². The van der Waals surface area contributed by atoms with Gasteiger partial charge in [0.25, 0.3) is 11.8 Å². The van der Waals surface area contributed by atoms with E-state index < -0.39 is 47.2 Å². The van der Waals surface area contributed by atoms with Gasteiger partial charge in [-0.1, -0.05) is 83.8 Å². The second-order valence-corrected chi connectivity index (χ2v) is 13.5. The van der Waals surface area contributed by atoms with Crippen LogP contribution in [0.25, 0.3) is 6.08 Å². The van der Waals surface area contributed by atoms with Crippen molar-refractivity contribution < 1.29 is 58.6 Å². The van der Waals surface area contributed by atoms with Gasteiger partial charge in [-0.3, -0.25) is 24.2 Å². The number of nitrogens with zero attached hydrogens (tertiary/aromatic N) is 4. The first-order valence-corrected chi connectivity index (χ1v) is 16.5. The number of likely N-dealkylation sites (N-methyl/N-ethyl adjacent to an activating group) is 1. The summed E-state index contributed by atoms with van der Waals surface area (Å²) in [5.74, 6) is -2.80. The third kappa shape index (κ3) is 8.08. The third-order valence-corrected chi connectivity index (χ3v) is 10.3. The molecule has 12 nitrogen and oxygen atoms in total. The maximum atomic E-state index is 13.6. The van der Waals surface area contributed by atoms with E-state index in [1.807, 2.05) is 25.1 Å². The number of aliphatic carboxylic acids is 1. The SMILES string of the molecule is Cc1nnc(SCC2=C(C(=O)[O-])N3C(=O)C(NC(=O)[C@H](NC(=O)N(C)C(=O)C=Cc4ccccc4)c4ccccc4)[C@H]3SC2)s1.[Na+]. The Balaban J connectivity index is 0.00000480. The van der Waals surface area contributed by atoms with E-state index in [-0.39, 0.29) is 41.0 Å². The Morgan fingerprint density at radius 1 is 1.11 bits per heavy atom. The van der Waals surface area contributed by atoms with Gasteiger partial charge in [-0.25, -0.2) is 4.79 Å². The molecule has 16 heteroatoms. The van der Waals surface area contributed by atoms with Crippen molar-refractivity contribution in [2.75, 3.05) is 18.6 Å². The zero-order valence-corrected chi connectivity index (χ0v) is 29.5. The van der Waals surface area contributed by atoms with E-state index in [0.29, 0.717) is 21.2 Å². The zero-order chi connectivity index (χ0) is 32.1. The number of carbonyl (C=O) groups excluding carboxylic acids is 5. The summed E-state index contributed by atoms with van der Waals surface area (Å²) in [5, 5.41) is 25.5. The van der Waals surface area contributed by atoms with E-state index in [9.17, 15) is 29.1 Å². The van der Waals surface area contributed by atoms with E-state index in [1.54, 1.807) is 48.5 Å². The van der Waals surface area contributed by atoms with Crippen molar-refractivity contribution in [3.05, 3.63) is 94.1 Å². The minimum absolute atomic E-state index is 0. The molecule has 2 N–H and O–H groups in total. The third-order valence-electron chi connectivity index (χ3n) is 6.93. The van der Waals surface area contributed by atoms with Crippen LogP contribution in [0.1, 0.15) is 22.2 Å². The van der Waals surface area contributed by atoms with Crippen LogP contribution in [-0.4, -0.2) is 79.7 Å². The van der Waals surface area contributed by atoms with Crippen molar-refractivity contribution in [2.24, 2.45) is 0 Å². The first-order chi connectivity index (χ1) is 21.6. The molecule has 0 saturated carbocycles. The summed E-state index contributed by atoms with van der Waals surface area (Å²) in [5.41, 5.74) is 1.50. The number of carbonyl (C=O) groups is 5. The van der Waals surface area contributed by atoms with Gasteiger partial charge in [0.1, 0.15) is 22.5 Å². The number of carboxylic acids is 1. The number of aryl methyl sites for hydroxylation is 1. The molecule has 3 aromatic rings. The first-order valence-electron chi connectivity index (χ1n) is 13.6. The number of fused-ring (bicyclic) bond motifs is 1. The predicted molar refractivity (Wildman–Crippen MR) is 168 cm³/mol. The quantitative estimate of drug-likeness (QED) is 0.117. The molecule has 2 aromatic carbocycles. The van der Waals surface area contributed by atoms with Crippen LogP contribution >= 0.6 is 34.9 Å². The number of carboxylic acid groups (broad SMARTS) is 1. The van der Waals surface area contributed by atoms with E-state index in [1.165, 1.54) is 48.0 Å². The van der Waals surface area contributed by atoms with Gasteiger partial charge in [-0.05, 0) is 29.7 Å². The molecule has 0 bridgehead atoms. The van der Waals surface area contributed by atoms with Crippen molar-refractivity contribution >= 4 is 70.7 Å². The standard InChI is InChI=1S/C30H28N6O6S3.Na/c1-17-33-34-30(45-17)44-16-20-15-43-27-23(26(39)36(27)24(20)28(40)41)31-25(38)22(19-11-7-4-8-12-19)32-29(42)35(2)21(37)14-13-18-9-5-3-6-10-18;/h3-14,22-23,27H,15-16H2,1-2H3,(H,31,38)(H,32,42)(H,40,41);/q;+1/p-1/t22-,23?,27-;/m1./s1. The Labute approximate surface area is 299 Å². The Morgan fingerprint density at radius 2 is 1.78 bits per heavy atom. The Bertz CT molecular complexity index is 1690. The maximum absolute atomic E-state index is 13.6. The number of nitrogens with one attached hydrogen (secondary N) is 2. The Kier molecular flexibility index (Phi) is 12.2. The average molecular weight is 687 g/mol. The van der Waals surface area contributed by atoms with E-state index >= 15 is 0 Å². The molecule has 232 valence electrons. The molecule has 0 radical (unpaired) electrons. The number of hydrogen-bond acceptors (Lipinski definition) is 11. The van der Waals surface area contributed by atoms with Crippen LogP contribution in [0.15, 0.2) is 82.3 Å². The van der Waals surface area contributed by atoms with E-state index in [4.69, 9.17) is 0 Å². The average Bonchev–Trinajstić information content (AvgIpc) is 3.48. The molecular weight excluding hydrogens is 660 g/mol. The van der Waals surface area contributed by atoms with Crippen molar-refractivity contribution in [3.8, 4) is 0 Å². The molecule has 2 aliphatic rings. The van der Waals surface area contributed by atoms with Crippen molar-refractivity contribution in [3.63, 3.8) is 0 Å². The fourth-order valence-corrected chi connectivity index (χ4v) is 7.92. The van der Waals surface area contributed by atoms with Gasteiger partial charge < -0.3 is 20.5 Å². The van der Waals surface area contributed by atoms with Crippen LogP contribution in [0, 0.1) is 6.92 Å². The molecule has 46 heavy (non-hydrogen) atoms. The number of urea groups is 1. The van der Waals surface area contributed by atoms with E-state index in [2.05, 4.69) is 20.8 Å². The number of hydrogen-bond donors (Lipinski definition) is 2. The number of imide groups is 1. The summed E-state index contributed by atoms with van der Waals surface area (Å²) in [7, 11) is 1.29. The molecule has 1 saturated heterocycles. The largest absolute Gasteiger partial charge is 1.00 e. The van der Waals surface area contributed by atoms with Crippen LogP contribution in [0.4, 0.5) is 4.79 Å².